The predicted octanol–water partition coefficient (Wildman–Crippen LogP) is 2.99. The fourth-order valence-corrected chi connectivity index (χ4v) is 6.80. The van der Waals surface area contributed by atoms with Crippen LogP contribution in [0, 0.1) is 11.8 Å². The van der Waals surface area contributed by atoms with Gasteiger partial charge in [-0.05, 0) is 50.1 Å². The highest BCUT2D eigenvalue weighted by Crippen LogP contribution is 2.41. The second kappa shape index (κ2) is 8.33. The maximum absolute atomic E-state index is 13.6. The Hall–Kier alpha value is -1.88. The number of carbonyl (C=O) groups excluding carboxylic acids is 2. The normalized spacial score (nSPS) is 32.9. The van der Waals surface area contributed by atoms with Crippen LogP contribution < -0.4 is 10.6 Å². The summed E-state index contributed by atoms with van der Waals surface area (Å²) in [5.74, 6) is 1.01. The molecule has 4 atom stereocenters. The Kier molecular flexibility index (Phi) is 5.57. The summed E-state index contributed by atoms with van der Waals surface area (Å²) >= 11 is 0. The van der Waals surface area contributed by atoms with E-state index in [9.17, 15) is 9.59 Å². The Morgan fingerprint density at radius 3 is 2.63 bits per heavy atom. The Morgan fingerprint density at radius 2 is 1.83 bits per heavy atom. The van der Waals surface area contributed by atoms with Crippen LogP contribution in [0.2, 0.25) is 0 Å². The van der Waals surface area contributed by atoms with Gasteiger partial charge in [0.15, 0.2) is 0 Å². The molecule has 0 unspecified atom stereocenters. The van der Waals surface area contributed by atoms with Gasteiger partial charge in [-0.25, -0.2) is 0 Å². The minimum atomic E-state index is -0.303. The Bertz CT molecular complexity index is 774. The maximum Gasteiger partial charge on any atom is 0.243 e. The summed E-state index contributed by atoms with van der Waals surface area (Å²) < 4.78 is 0. The lowest BCUT2D eigenvalue weighted by Gasteiger charge is -2.54. The van der Waals surface area contributed by atoms with Crippen LogP contribution >= 0.6 is 0 Å². The summed E-state index contributed by atoms with van der Waals surface area (Å²) in [4.78, 5) is 28.5. The van der Waals surface area contributed by atoms with Gasteiger partial charge in [0, 0.05) is 36.9 Å². The molecule has 1 saturated carbocycles. The lowest BCUT2D eigenvalue weighted by Crippen LogP contribution is -2.68. The molecule has 0 radical (unpaired) electrons. The first-order valence-corrected chi connectivity index (χ1v) is 12.0. The average molecular weight is 410 g/mol. The van der Waals surface area contributed by atoms with E-state index in [-0.39, 0.29) is 35.2 Å². The van der Waals surface area contributed by atoms with Gasteiger partial charge in [0.05, 0.1) is 0 Å². The van der Waals surface area contributed by atoms with E-state index in [0.717, 1.165) is 45.2 Å². The predicted molar refractivity (Wildman–Crippen MR) is 117 cm³/mol. The van der Waals surface area contributed by atoms with Crippen molar-refractivity contribution in [1.29, 1.82) is 0 Å². The smallest absolute Gasteiger partial charge is 0.243 e. The molecule has 5 rings (SSSR count). The molecule has 4 fully saturated rings. The molecule has 4 aliphatic rings. The molecule has 1 aromatic carbocycles. The molecule has 3 heterocycles. The Balaban J connectivity index is 1.36. The number of nitrogens with zero attached hydrogens (tertiary/aromatic N) is 1. The second-order valence-corrected chi connectivity index (χ2v) is 10.0. The van der Waals surface area contributed by atoms with Crippen molar-refractivity contribution in [2.75, 3.05) is 19.6 Å². The van der Waals surface area contributed by atoms with Crippen LogP contribution in [0.3, 0.4) is 0 Å². The van der Waals surface area contributed by atoms with Crippen LogP contribution in [0.1, 0.15) is 63.4 Å². The third-order valence-corrected chi connectivity index (χ3v) is 8.31. The highest BCUT2D eigenvalue weighted by molar-refractivity contribution is 5.89. The van der Waals surface area contributed by atoms with Gasteiger partial charge >= 0.3 is 0 Å². The molecule has 3 saturated heterocycles. The summed E-state index contributed by atoms with van der Waals surface area (Å²) in [5.41, 5.74) is 1.38. The maximum atomic E-state index is 13.6. The molecule has 1 aromatic rings. The summed E-state index contributed by atoms with van der Waals surface area (Å²) in [6.07, 6.45) is 9.65. The number of carbonyl (C=O) groups is 2. The zero-order chi connectivity index (χ0) is 20.6. The molecule has 0 spiro atoms. The molecule has 30 heavy (non-hydrogen) atoms. The summed E-state index contributed by atoms with van der Waals surface area (Å²) in [6, 6.07) is 10.7. The number of fused-ring (bicyclic) bond motifs is 4. The number of hydrogen-bond donors (Lipinski definition) is 2. The monoisotopic (exact) mass is 409 g/mol. The van der Waals surface area contributed by atoms with Crippen molar-refractivity contribution in [3.63, 3.8) is 0 Å². The number of rotatable bonds is 4. The Morgan fingerprint density at radius 1 is 1.07 bits per heavy atom. The van der Waals surface area contributed by atoms with Gasteiger partial charge in [0.25, 0.3) is 0 Å². The molecule has 5 nitrogen and oxygen atoms in total. The van der Waals surface area contributed by atoms with E-state index in [1.165, 1.54) is 24.8 Å². The number of piperidine rings is 3. The number of hydrogen-bond acceptors (Lipinski definition) is 3. The van der Waals surface area contributed by atoms with E-state index in [2.05, 4.69) is 41.0 Å². The third-order valence-electron chi connectivity index (χ3n) is 8.31. The first-order valence-electron chi connectivity index (χ1n) is 12.0. The highest BCUT2D eigenvalue weighted by Gasteiger charge is 2.50. The molecule has 2 bridgehead atoms. The number of amides is 2. The average Bonchev–Trinajstić information content (AvgIpc) is 2.80. The fraction of sp³-hybridized carbons (Fsp3) is 0.680. The van der Waals surface area contributed by atoms with Gasteiger partial charge < -0.3 is 15.5 Å². The van der Waals surface area contributed by atoms with Gasteiger partial charge in [-0.2, -0.15) is 0 Å². The van der Waals surface area contributed by atoms with E-state index in [4.69, 9.17) is 0 Å². The number of nitrogens with one attached hydrogen (secondary N) is 2. The summed E-state index contributed by atoms with van der Waals surface area (Å²) in [7, 11) is 0. The highest BCUT2D eigenvalue weighted by atomic mass is 16.2. The van der Waals surface area contributed by atoms with E-state index in [0.29, 0.717) is 18.9 Å². The third kappa shape index (κ3) is 3.55. The van der Waals surface area contributed by atoms with Crippen molar-refractivity contribution in [2.45, 2.75) is 75.3 Å². The molecule has 162 valence electrons. The summed E-state index contributed by atoms with van der Waals surface area (Å²) in [5, 5.41) is 6.90. The first kappa shape index (κ1) is 20.0. The van der Waals surface area contributed by atoms with Crippen molar-refractivity contribution in [3.8, 4) is 0 Å². The molecule has 0 aromatic heterocycles. The standard InChI is InChI=1S/C25H35N3O2/c29-22-11-7-10-21-18-14-19(16-26-15-18)23(28(21)22)24(30)27-17-25(12-5-2-6-13-25)20-8-3-1-4-9-20/h1,3-4,8-9,18-19,21,23,26H,2,5-7,10-17H2,(H,27,30)/t18-,19+,21+,23-/m1/s1. The first-order chi connectivity index (χ1) is 14.7. The quantitative estimate of drug-likeness (QED) is 0.804. The number of benzene rings is 1. The van der Waals surface area contributed by atoms with E-state index >= 15 is 0 Å². The zero-order valence-electron chi connectivity index (χ0n) is 17.9. The van der Waals surface area contributed by atoms with Crippen LogP contribution in [-0.2, 0) is 15.0 Å². The van der Waals surface area contributed by atoms with Crippen LogP contribution in [0.15, 0.2) is 30.3 Å². The van der Waals surface area contributed by atoms with Gasteiger partial charge in [-0.3, -0.25) is 9.59 Å². The van der Waals surface area contributed by atoms with Crippen molar-refractivity contribution >= 4 is 11.8 Å². The van der Waals surface area contributed by atoms with E-state index in [1.807, 2.05) is 4.90 Å². The zero-order valence-corrected chi connectivity index (χ0v) is 17.9. The molecular formula is C25H35N3O2. The van der Waals surface area contributed by atoms with Crippen LogP contribution in [0.5, 0.6) is 0 Å². The van der Waals surface area contributed by atoms with Gasteiger partial charge in [0.1, 0.15) is 6.04 Å². The van der Waals surface area contributed by atoms with Crippen LogP contribution in [-0.4, -0.2) is 48.4 Å². The Labute approximate surface area is 180 Å². The lowest BCUT2D eigenvalue weighted by atomic mass is 9.69. The van der Waals surface area contributed by atoms with Gasteiger partial charge in [-0.1, -0.05) is 49.6 Å². The van der Waals surface area contributed by atoms with Crippen LogP contribution in [0.4, 0.5) is 0 Å². The van der Waals surface area contributed by atoms with Gasteiger partial charge in [-0.15, -0.1) is 0 Å². The largest absolute Gasteiger partial charge is 0.353 e. The minimum absolute atomic E-state index is 0.0303. The molecular weight excluding hydrogens is 374 g/mol. The SMILES string of the molecule is O=C(NCC1(c2ccccc2)CCCCC1)[C@H]1[C@@H]2CNC[C@@H](C2)[C@@H]2CCCC(=O)N21. The molecule has 3 aliphatic heterocycles. The molecule has 2 amide bonds. The van der Waals surface area contributed by atoms with Crippen molar-refractivity contribution in [2.24, 2.45) is 11.8 Å². The lowest BCUT2D eigenvalue weighted by molar-refractivity contribution is -0.157. The fourth-order valence-electron chi connectivity index (χ4n) is 6.80. The van der Waals surface area contributed by atoms with E-state index < -0.39 is 0 Å². The summed E-state index contributed by atoms with van der Waals surface area (Å²) in [6.45, 7) is 2.51. The molecule has 2 N–H and O–H groups in total. The minimum Gasteiger partial charge on any atom is -0.353 e. The van der Waals surface area contributed by atoms with E-state index in [1.54, 1.807) is 0 Å². The molecule has 5 heteroatoms. The van der Waals surface area contributed by atoms with Crippen LogP contribution in [0.25, 0.3) is 0 Å². The molecule has 1 aliphatic carbocycles. The second-order valence-electron chi connectivity index (χ2n) is 10.0. The van der Waals surface area contributed by atoms with Gasteiger partial charge in [0.2, 0.25) is 11.8 Å². The topological polar surface area (TPSA) is 61.4 Å². The van der Waals surface area contributed by atoms with Crippen molar-refractivity contribution in [1.82, 2.24) is 15.5 Å². The van der Waals surface area contributed by atoms with Crippen molar-refractivity contribution < 1.29 is 9.59 Å². The van der Waals surface area contributed by atoms with Crippen molar-refractivity contribution in [3.05, 3.63) is 35.9 Å².